The maximum atomic E-state index is 14.6. The molecule has 0 N–H and O–H groups in total. The number of alkyl halides is 18. The first kappa shape index (κ1) is 53.7. The van der Waals surface area contributed by atoms with Gasteiger partial charge in [-0.25, -0.2) is 15.0 Å². The van der Waals surface area contributed by atoms with Gasteiger partial charge in [0.1, 0.15) is 0 Å². The van der Waals surface area contributed by atoms with Gasteiger partial charge >= 0.3 is 37.1 Å². The van der Waals surface area contributed by atoms with Crippen LogP contribution >= 0.6 is 0 Å². The lowest BCUT2D eigenvalue weighted by Gasteiger charge is -2.19. The Labute approximate surface area is 432 Å². The van der Waals surface area contributed by atoms with Crippen LogP contribution in [-0.2, 0) is 37.1 Å². The highest BCUT2D eigenvalue weighted by molar-refractivity contribution is 6.12. The number of aromatic nitrogens is 4. The summed E-state index contributed by atoms with van der Waals surface area (Å²) in [6, 6.07) is 29.2. The molecule has 0 saturated carbocycles. The van der Waals surface area contributed by atoms with E-state index in [1.165, 1.54) is 16.7 Å². The van der Waals surface area contributed by atoms with Gasteiger partial charge in [0.15, 0.2) is 17.5 Å². The zero-order valence-corrected chi connectivity index (χ0v) is 39.3. The van der Waals surface area contributed by atoms with Crippen LogP contribution in [-0.4, -0.2) is 19.5 Å². The predicted octanol–water partition coefficient (Wildman–Crippen LogP) is 19.1. The highest BCUT2D eigenvalue weighted by Gasteiger charge is 2.40. The predicted molar refractivity (Wildman–Crippen MR) is 257 cm³/mol. The van der Waals surface area contributed by atoms with E-state index in [9.17, 15) is 79.0 Å². The van der Waals surface area contributed by atoms with E-state index in [0.717, 1.165) is 42.5 Å². The fourth-order valence-corrected chi connectivity index (χ4v) is 9.03. The second kappa shape index (κ2) is 19.0. The van der Waals surface area contributed by atoms with Crippen LogP contribution in [0.1, 0.15) is 33.4 Å². The second-order valence-electron chi connectivity index (χ2n) is 18.0. The Kier molecular flexibility index (Phi) is 12.9. The maximum Gasteiger partial charge on any atom is 0.416 e. The number of rotatable bonds is 7. The van der Waals surface area contributed by atoms with Gasteiger partial charge < -0.3 is 4.57 Å². The van der Waals surface area contributed by atoms with Gasteiger partial charge in [0, 0.05) is 33.0 Å². The Hall–Kier alpha value is -8.69. The van der Waals surface area contributed by atoms with E-state index in [2.05, 4.69) is 15.0 Å². The number of halogens is 18. The maximum absolute atomic E-state index is 14.6. The minimum atomic E-state index is -5.37. The van der Waals surface area contributed by atoms with Crippen molar-refractivity contribution in [1.29, 1.82) is 0 Å². The van der Waals surface area contributed by atoms with Gasteiger partial charge in [0.2, 0.25) is 0 Å². The summed E-state index contributed by atoms with van der Waals surface area (Å²) in [4.78, 5) is 14.0. The lowest BCUT2D eigenvalue weighted by molar-refractivity contribution is -0.144. The van der Waals surface area contributed by atoms with Crippen LogP contribution in [0.4, 0.5) is 79.0 Å². The van der Waals surface area contributed by atoms with Gasteiger partial charge in [0.25, 0.3) is 0 Å². The van der Waals surface area contributed by atoms with Crippen LogP contribution < -0.4 is 0 Å². The van der Waals surface area contributed by atoms with Crippen LogP contribution in [0.2, 0.25) is 0 Å². The standard InChI is InChI=1S/C57H28F18N4/c58-52(59,60)37-17-34(18-38(26-37)53(61,62)63)31-12-15-46-44(23-31)45-24-32(35-19-39(54(64,65)66)27-40(20-35)55(67,68)69)13-16-47(45)79(46)48-25-33(11-14-43(48)36-21-41(56(70,71)72)28-42(22-36)57(73,74)75)51-77-49(29-7-3-1-4-8-29)76-50(78-51)30-9-5-2-6-10-30/h1-28H. The smallest absolute Gasteiger partial charge is 0.309 e. The average molecular weight is 1110 g/mol. The number of benzene rings is 8. The monoisotopic (exact) mass is 1110 g/mol. The fraction of sp³-hybridized carbons (Fsp3) is 0.105. The lowest BCUT2D eigenvalue weighted by Crippen LogP contribution is -2.11. The molecule has 0 aliphatic rings. The second-order valence-corrected chi connectivity index (χ2v) is 18.0. The third kappa shape index (κ3) is 10.8. The molecule has 0 radical (unpaired) electrons. The molecule has 2 heterocycles. The summed E-state index contributed by atoms with van der Waals surface area (Å²) in [5.74, 6) is 0.0957. The van der Waals surface area contributed by atoms with Crippen LogP contribution in [0, 0.1) is 0 Å². The van der Waals surface area contributed by atoms with Crippen molar-refractivity contribution in [2.75, 3.05) is 0 Å². The first-order valence-corrected chi connectivity index (χ1v) is 22.9. The molecule has 0 atom stereocenters. The summed E-state index contributed by atoms with van der Waals surface area (Å²) in [6.07, 6.45) is -32.1. The molecule has 0 amide bonds. The Morgan fingerprint density at radius 1 is 0.253 bits per heavy atom. The number of hydrogen-bond acceptors (Lipinski definition) is 3. The van der Waals surface area contributed by atoms with Crippen molar-refractivity contribution in [3.05, 3.63) is 203 Å². The molecule has 22 heteroatoms. The van der Waals surface area contributed by atoms with E-state index in [1.807, 2.05) is 0 Å². The minimum Gasteiger partial charge on any atom is -0.309 e. The van der Waals surface area contributed by atoms with E-state index in [-0.39, 0.29) is 85.4 Å². The largest absolute Gasteiger partial charge is 0.416 e. The molecule has 0 spiro atoms. The lowest BCUT2D eigenvalue weighted by atomic mass is 9.96. The van der Waals surface area contributed by atoms with Crippen molar-refractivity contribution in [1.82, 2.24) is 19.5 Å². The minimum absolute atomic E-state index is 0.0362. The van der Waals surface area contributed by atoms with Crippen LogP contribution in [0.15, 0.2) is 170 Å². The van der Waals surface area contributed by atoms with Crippen LogP contribution in [0.25, 0.3) is 95.0 Å². The van der Waals surface area contributed by atoms with Crippen molar-refractivity contribution in [3.63, 3.8) is 0 Å². The van der Waals surface area contributed by atoms with Crippen LogP contribution in [0.5, 0.6) is 0 Å². The Morgan fingerprint density at radius 2 is 0.557 bits per heavy atom. The molecule has 8 aromatic carbocycles. The van der Waals surface area contributed by atoms with Crippen molar-refractivity contribution in [3.8, 4) is 73.2 Å². The molecular weight excluding hydrogens is 1080 g/mol. The van der Waals surface area contributed by atoms with Crippen LogP contribution in [0.3, 0.4) is 0 Å². The molecule has 10 aromatic rings. The highest BCUT2D eigenvalue weighted by atomic mass is 19.4. The topological polar surface area (TPSA) is 43.6 Å². The summed E-state index contributed by atoms with van der Waals surface area (Å²) >= 11 is 0. The molecule has 402 valence electrons. The SMILES string of the molecule is FC(F)(F)c1cc(-c2ccc3c(c2)c2cc(-c4cc(C(F)(F)F)cc(C(F)(F)F)c4)ccc2n3-c2cc(-c3nc(-c4ccccc4)nc(-c4ccccc4)n3)ccc2-c2cc(C(F)(F)F)cc(C(F)(F)F)c2)cc(C(F)(F)F)c1. The van der Waals surface area contributed by atoms with E-state index in [1.54, 1.807) is 60.7 Å². The van der Waals surface area contributed by atoms with E-state index < -0.39 is 87.1 Å². The molecular formula is C57H28F18N4. The molecule has 0 unspecified atom stereocenters. The molecule has 79 heavy (non-hydrogen) atoms. The first-order valence-electron chi connectivity index (χ1n) is 22.9. The summed E-state index contributed by atoms with van der Waals surface area (Å²) < 4.78 is 259. The van der Waals surface area contributed by atoms with E-state index in [0.29, 0.717) is 47.5 Å². The molecule has 0 aliphatic heterocycles. The summed E-state index contributed by atoms with van der Waals surface area (Å²) in [7, 11) is 0. The zero-order chi connectivity index (χ0) is 56.8. The summed E-state index contributed by atoms with van der Waals surface area (Å²) in [6.45, 7) is 0. The molecule has 4 nitrogen and oxygen atoms in total. The molecule has 0 aliphatic carbocycles. The van der Waals surface area contributed by atoms with Crippen molar-refractivity contribution >= 4 is 21.8 Å². The van der Waals surface area contributed by atoms with Crippen molar-refractivity contribution in [2.45, 2.75) is 37.1 Å². The summed E-state index contributed by atoms with van der Waals surface area (Å²) in [5, 5.41) is -0.338. The van der Waals surface area contributed by atoms with Crippen molar-refractivity contribution < 1.29 is 79.0 Å². The number of nitrogens with zero attached hydrogens (tertiary/aromatic N) is 4. The van der Waals surface area contributed by atoms with Gasteiger partial charge in [0.05, 0.1) is 50.1 Å². The third-order valence-corrected chi connectivity index (χ3v) is 12.7. The quantitative estimate of drug-likeness (QED) is 0.149. The van der Waals surface area contributed by atoms with Gasteiger partial charge in [-0.05, 0) is 113 Å². The van der Waals surface area contributed by atoms with Gasteiger partial charge in [-0.2, -0.15) is 79.0 Å². The zero-order valence-electron chi connectivity index (χ0n) is 39.3. The van der Waals surface area contributed by atoms with Crippen molar-refractivity contribution in [2.24, 2.45) is 0 Å². The molecule has 0 fully saturated rings. The fourth-order valence-electron chi connectivity index (χ4n) is 9.03. The van der Waals surface area contributed by atoms with Gasteiger partial charge in [-0.3, -0.25) is 0 Å². The van der Waals surface area contributed by atoms with E-state index >= 15 is 0 Å². The van der Waals surface area contributed by atoms with E-state index in [4.69, 9.17) is 0 Å². The third-order valence-electron chi connectivity index (χ3n) is 12.7. The number of hydrogen-bond donors (Lipinski definition) is 0. The Bertz CT molecular complexity index is 3690. The highest BCUT2D eigenvalue weighted by Crippen LogP contribution is 2.47. The first-order chi connectivity index (χ1) is 36.9. The van der Waals surface area contributed by atoms with Gasteiger partial charge in [-0.1, -0.05) is 84.9 Å². The summed E-state index contributed by atoms with van der Waals surface area (Å²) in [5.41, 5.74) is -13.0. The normalized spacial score (nSPS) is 12.9. The Morgan fingerprint density at radius 3 is 0.886 bits per heavy atom. The molecule has 10 rings (SSSR count). The molecule has 0 bridgehead atoms. The molecule has 0 saturated heterocycles. The Balaban J connectivity index is 1.32. The van der Waals surface area contributed by atoms with Gasteiger partial charge in [-0.15, -0.1) is 0 Å². The average Bonchev–Trinajstić information content (AvgIpc) is 3.96. The molecule has 2 aromatic heterocycles. The number of fused-ring (bicyclic) bond motifs is 3.